The highest BCUT2D eigenvalue weighted by atomic mass is 35.5. The molecule has 2 heterocycles. The van der Waals surface area contributed by atoms with Crippen molar-refractivity contribution in [2.24, 2.45) is 17.1 Å². The SMILES string of the molecule is CC(C)(C)C[C@H]1N[C@@H](C(=O)NC2CCC(CC(=O)[C@@H](N)Cc3ccccc3)CC2)[C@H](c2cccc(Cl)c2F)[C@@]12C(=O)Nc1cc(Cl)ccc12. The minimum absolute atomic E-state index is 0.0597. The molecule has 1 spiro atoms. The van der Waals surface area contributed by atoms with Crippen LogP contribution in [0, 0.1) is 17.2 Å². The van der Waals surface area contributed by atoms with Crippen LogP contribution in [0.2, 0.25) is 10.0 Å². The first-order valence-electron chi connectivity index (χ1n) is 17.2. The molecule has 0 unspecified atom stereocenters. The molecule has 3 aromatic carbocycles. The Labute approximate surface area is 297 Å². The number of nitrogens with two attached hydrogens (primary N) is 1. The average molecular weight is 708 g/mol. The molecule has 5 N–H and O–H groups in total. The van der Waals surface area contributed by atoms with E-state index in [2.05, 4.69) is 36.7 Å². The number of benzene rings is 3. The van der Waals surface area contributed by atoms with Gasteiger partial charge in [0.05, 0.1) is 17.1 Å². The lowest BCUT2D eigenvalue weighted by Crippen LogP contribution is -2.50. The number of anilines is 1. The van der Waals surface area contributed by atoms with Crippen LogP contribution in [0.5, 0.6) is 0 Å². The Morgan fingerprint density at radius 3 is 2.43 bits per heavy atom. The van der Waals surface area contributed by atoms with Crippen LogP contribution in [0.3, 0.4) is 0 Å². The van der Waals surface area contributed by atoms with Crippen molar-refractivity contribution in [1.82, 2.24) is 10.6 Å². The molecule has 260 valence electrons. The van der Waals surface area contributed by atoms with Gasteiger partial charge in [-0.15, -0.1) is 0 Å². The van der Waals surface area contributed by atoms with E-state index in [1.54, 1.807) is 24.3 Å². The molecule has 2 aliphatic heterocycles. The van der Waals surface area contributed by atoms with Crippen molar-refractivity contribution < 1.29 is 18.8 Å². The third-order valence-electron chi connectivity index (χ3n) is 10.6. The molecule has 1 saturated heterocycles. The van der Waals surface area contributed by atoms with E-state index < -0.39 is 35.3 Å². The number of carbonyl (C=O) groups is 3. The van der Waals surface area contributed by atoms with E-state index in [0.29, 0.717) is 48.4 Å². The zero-order chi connectivity index (χ0) is 35.1. The van der Waals surface area contributed by atoms with Crippen LogP contribution in [-0.4, -0.2) is 41.8 Å². The van der Waals surface area contributed by atoms with Gasteiger partial charge < -0.3 is 21.7 Å². The van der Waals surface area contributed by atoms with Crippen molar-refractivity contribution in [3.05, 3.63) is 99.3 Å². The molecule has 3 aliphatic rings. The summed E-state index contributed by atoms with van der Waals surface area (Å²) in [7, 11) is 0. The van der Waals surface area contributed by atoms with E-state index in [0.717, 1.165) is 18.4 Å². The summed E-state index contributed by atoms with van der Waals surface area (Å²) in [4.78, 5) is 41.7. The fourth-order valence-electron chi connectivity index (χ4n) is 8.37. The van der Waals surface area contributed by atoms with Crippen molar-refractivity contribution >= 4 is 46.5 Å². The number of carbonyl (C=O) groups excluding carboxylic acids is 3. The highest BCUT2D eigenvalue weighted by Crippen LogP contribution is 2.57. The van der Waals surface area contributed by atoms with Crippen LogP contribution in [-0.2, 0) is 26.2 Å². The van der Waals surface area contributed by atoms with Crippen molar-refractivity contribution in [3.8, 4) is 0 Å². The van der Waals surface area contributed by atoms with E-state index in [1.807, 2.05) is 36.4 Å². The van der Waals surface area contributed by atoms with Crippen LogP contribution in [0.15, 0.2) is 66.7 Å². The Kier molecular flexibility index (Phi) is 10.3. The first kappa shape index (κ1) is 35.5. The van der Waals surface area contributed by atoms with Crippen molar-refractivity contribution in [3.63, 3.8) is 0 Å². The number of nitrogens with one attached hydrogen (secondary N) is 3. The summed E-state index contributed by atoms with van der Waals surface area (Å²) in [5.41, 5.74) is 7.22. The second-order valence-corrected chi connectivity index (χ2v) is 16.1. The number of rotatable bonds is 9. The smallest absolute Gasteiger partial charge is 0.238 e. The minimum Gasteiger partial charge on any atom is -0.352 e. The van der Waals surface area contributed by atoms with Crippen LogP contribution in [0.1, 0.15) is 81.9 Å². The maximum Gasteiger partial charge on any atom is 0.238 e. The number of hydrogen-bond donors (Lipinski definition) is 4. The molecular formula is C39H45Cl2FN4O3. The summed E-state index contributed by atoms with van der Waals surface area (Å²) in [6.07, 6.45) is 4.46. The quantitative estimate of drug-likeness (QED) is 0.190. The molecule has 7 nitrogen and oxygen atoms in total. The Bertz CT molecular complexity index is 1720. The maximum absolute atomic E-state index is 16.1. The lowest BCUT2D eigenvalue weighted by molar-refractivity contribution is -0.125. The average Bonchev–Trinajstić information content (AvgIpc) is 3.52. The Balaban J connectivity index is 1.23. The monoisotopic (exact) mass is 706 g/mol. The Hall–Kier alpha value is -3.30. The summed E-state index contributed by atoms with van der Waals surface area (Å²) >= 11 is 12.7. The minimum atomic E-state index is -1.31. The van der Waals surface area contributed by atoms with Gasteiger partial charge in [0.2, 0.25) is 11.8 Å². The Morgan fingerprint density at radius 2 is 1.73 bits per heavy atom. The molecule has 49 heavy (non-hydrogen) atoms. The molecule has 0 aromatic heterocycles. The first-order chi connectivity index (χ1) is 23.3. The van der Waals surface area contributed by atoms with Gasteiger partial charge >= 0.3 is 0 Å². The summed E-state index contributed by atoms with van der Waals surface area (Å²) in [5.74, 6) is -1.88. The lowest BCUT2D eigenvalue weighted by atomic mass is 9.62. The van der Waals surface area contributed by atoms with Crippen molar-refractivity contribution in [1.29, 1.82) is 0 Å². The van der Waals surface area contributed by atoms with Crippen LogP contribution < -0.4 is 21.7 Å². The van der Waals surface area contributed by atoms with Crippen LogP contribution in [0.4, 0.5) is 10.1 Å². The second-order valence-electron chi connectivity index (χ2n) is 15.3. The van der Waals surface area contributed by atoms with Gasteiger partial charge in [0, 0.05) is 35.1 Å². The zero-order valence-electron chi connectivity index (χ0n) is 28.2. The molecular weight excluding hydrogens is 662 g/mol. The molecule has 2 fully saturated rings. The van der Waals surface area contributed by atoms with Gasteiger partial charge in [-0.1, -0.05) is 92.5 Å². The van der Waals surface area contributed by atoms with Crippen molar-refractivity contribution in [2.75, 3.05) is 5.32 Å². The van der Waals surface area contributed by atoms with E-state index in [4.69, 9.17) is 28.9 Å². The zero-order valence-corrected chi connectivity index (χ0v) is 29.7. The highest BCUT2D eigenvalue weighted by Gasteiger charge is 2.66. The molecule has 2 amide bonds. The molecule has 1 saturated carbocycles. The fourth-order valence-corrected chi connectivity index (χ4v) is 8.73. The highest BCUT2D eigenvalue weighted by molar-refractivity contribution is 6.31. The predicted molar refractivity (Wildman–Crippen MR) is 192 cm³/mol. The third kappa shape index (κ3) is 7.16. The molecule has 0 radical (unpaired) electrons. The van der Waals surface area contributed by atoms with Gasteiger partial charge in [0.15, 0.2) is 0 Å². The van der Waals surface area contributed by atoms with Gasteiger partial charge in [-0.2, -0.15) is 0 Å². The number of fused-ring (bicyclic) bond motifs is 2. The molecule has 3 aromatic rings. The number of hydrogen-bond acceptors (Lipinski definition) is 5. The van der Waals surface area contributed by atoms with Gasteiger partial charge in [0.1, 0.15) is 17.0 Å². The number of halogens is 3. The topological polar surface area (TPSA) is 113 Å². The van der Waals surface area contributed by atoms with Gasteiger partial charge in [-0.05, 0) is 84.7 Å². The van der Waals surface area contributed by atoms with Crippen LogP contribution in [0.25, 0.3) is 0 Å². The third-order valence-corrected chi connectivity index (χ3v) is 11.1. The largest absolute Gasteiger partial charge is 0.352 e. The van der Waals surface area contributed by atoms with E-state index in [9.17, 15) is 14.4 Å². The maximum atomic E-state index is 16.1. The lowest BCUT2D eigenvalue weighted by Gasteiger charge is -2.38. The summed E-state index contributed by atoms with van der Waals surface area (Å²) in [5, 5.41) is 10.2. The van der Waals surface area contributed by atoms with Crippen LogP contribution >= 0.6 is 23.2 Å². The number of ketones is 1. The fraction of sp³-hybridized carbons (Fsp3) is 0.462. The van der Waals surface area contributed by atoms with E-state index >= 15 is 4.39 Å². The normalized spacial score (nSPS) is 27.1. The van der Waals surface area contributed by atoms with Crippen molar-refractivity contribution in [2.45, 2.75) is 101 Å². The summed E-state index contributed by atoms with van der Waals surface area (Å²) < 4.78 is 16.1. The molecule has 5 atom stereocenters. The Morgan fingerprint density at radius 1 is 1.02 bits per heavy atom. The molecule has 10 heteroatoms. The number of Topliss-reactive ketones (excluding diaryl/α,β-unsaturated/α-hetero) is 1. The summed E-state index contributed by atoms with van der Waals surface area (Å²) in [6.45, 7) is 6.24. The van der Waals surface area contributed by atoms with Gasteiger partial charge in [-0.25, -0.2) is 4.39 Å². The second kappa shape index (κ2) is 14.1. The molecule has 0 bridgehead atoms. The van der Waals surface area contributed by atoms with Gasteiger partial charge in [-0.3, -0.25) is 14.4 Å². The van der Waals surface area contributed by atoms with E-state index in [-0.39, 0.29) is 45.6 Å². The van der Waals surface area contributed by atoms with Gasteiger partial charge in [0.25, 0.3) is 0 Å². The molecule has 1 aliphatic carbocycles. The predicted octanol–water partition coefficient (Wildman–Crippen LogP) is 7.09. The number of amides is 2. The molecule has 6 rings (SSSR count). The van der Waals surface area contributed by atoms with E-state index in [1.165, 1.54) is 6.07 Å². The standard InChI is InChI=1S/C39H45Cl2FN4O3/c1-38(2,3)21-32-39(27-17-14-24(40)20-30(27)45-37(39)49)33(26-10-7-11-28(41)34(26)42)35(46-32)36(48)44-25-15-12-23(13-16-25)19-31(47)29(43)18-22-8-5-4-6-9-22/h4-11,14,17,20,23,25,29,32-33,35,46H,12-13,15-16,18-19,21,43H2,1-3H3,(H,44,48)(H,45,49)/t23?,25?,29-,32+,33-,35+,39-/m0/s1. The summed E-state index contributed by atoms with van der Waals surface area (Å²) in [6, 6.07) is 17.7. The first-order valence-corrected chi connectivity index (χ1v) is 18.0.